The molecule has 6 nitrogen and oxygen atoms in total. The minimum absolute atomic E-state index is 0.311. The summed E-state index contributed by atoms with van der Waals surface area (Å²) in [5.74, 6) is -0.192. The number of carbonyl (C=O) groups excluding carboxylic acids is 1. The van der Waals surface area contributed by atoms with Crippen LogP contribution in [-0.4, -0.2) is 33.7 Å². The van der Waals surface area contributed by atoms with E-state index in [4.69, 9.17) is 4.74 Å². The SMILES string of the molecule is CCOC(=O)/C(=C/c1ccc(-c2ncn(-c3ccc(OC(F)(F)F)cc3)n2)cc1)CC. The molecule has 3 rings (SSSR count). The first-order chi connectivity index (χ1) is 14.8. The Kier molecular flexibility index (Phi) is 6.74. The summed E-state index contributed by atoms with van der Waals surface area (Å²) >= 11 is 0. The standard InChI is InChI=1S/C22H20F3N3O3/c1-3-16(21(29)30-4-2)13-15-5-7-17(8-6-15)20-26-14-28(27-20)18-9-11-19(12-10-18)31-22(23,24)25/h5-14H,3-4H2,1-2H3/b16-13+. The van der Waals surface area contributed by atoms with Crippen LogP contribution in [0.5, 0.6) is 5.75 Å². The van der Waals surface area contributed by atoms with Gasteiger partial charge in [0.15, 0.2) is 5.82 Å². The van der Waals surface area contributed by atoms with E-state index in [2.05, 4.69) is 14.8 Å². The molecule has 0 saturated heterocycles. The first-order valence-electron chi connectivity index (χ1n) is 9.55. The molecule has 0 aliphatic carbocycles. The zero-order chi connectivity index (χ0) is 22.4. The lowest BCUT2D eigenvalue weighted by atomic mass is 10.1. The summed E-state index contributed by atoms with van der Waals surface area (Å²) in [6.07, 6.45) is -0.937. The minimum atomic E-state index is -4.74. The molecule has 1 heterocycles. The van der Waals surface area contributed by atoms with Crippen molar-refractivity contribution in [2.45, 2.75) is 26.6 Å². The summed E-state index contributed by atoms with van der Waals surface area (Å²) in [7, 11) is 0. The maximum atomic E-state index is 12.3. The fraction of sp³-hybridized carbons (Fsp3) is 0.227. The number of nitrogens with zero attached hydrogens (tertiary/aromatic N) is 3. The molecule has 9 heteroatoms. The quantitative estimate of drug-likeness (QED) is 0.381. The van der Waals surface area contributed by atoms with Crippen LogP contribution >= 0.6 is 0 Å². The topological polar surface area (TPSA) is 66.2 Å². The van der Waals surface area contributed by atoms with E-state index >= 15 is 0 Å². The Morgan fingerprint density at radius 3 is 2.32 bits per heavy atom. The van der Waals surface area contributed by atoms with Crippen molar-refractivity contribution < 1.29 is 27.4 Å². The van der Waals surface area contributed by atoms with Crippen LogP contribution in [-0.2, 0) is 9.53 Å². The number of ether oxygens (including phenoxy) is 2. The molecular formula is C22H20F3N3O3. The average molecular weight is 431 g/mol. The summed E-state index contributed by atoms with van der Waals surface area (Å²) in [5, 5.41) is 4.37. The molecule has 0 N–H and O–H groups in total. The number of aromatic nitrogens is 3. The monoisotopic (exact) mass is 431 g/mol. The maximum absolute atomic E-state index is 12.3. The van der Waals surface area contributed by atoms with Gasteiger partial charge in [0, 0.05) is 11.1 Å². The Balaban J connectivity index is 1.74. The molecule has 1 aromatic heterocycles. The zero-order valence-corrected chi connectivity index (χ0v) is 16.9. The summed E-state index contributed by atoms with van der Waals surface area (Å²) < 4.78 is 47.2. The highest BCUT2D eigenvalue weighted by Gasteiger charge is 2.31. The lowest BCUT2D eigenvalue weighted by Crippen LogP contribution is -2.17. The first-order valence-corrected chi connectivity index (χ1v) is 9.55. The average Bonchev–Trinajstić information content (AvgIpc) is 3.22. The van der Waals surface area contributed by atoms with Crippen molar-refractivity contribution in [2.24, 2.45) is 0 Å². The van der Waals surface area contributed by atoms with Gasteiger partial charge in [0.05, 0.1) is 12.3 Å². The molecule has 0 fully saturated rings. The van der Waals surface area contributed by atoms with Gasteiger partial charge < -0.3 is 9.47 Å². The van der Waals surface area contributed by atoms with Crippen molar-refractivity contribution in [1.29, 1.82) is 0 Å². The molecule has 0 unspecified atom stereocenters. The van der Waals surface area contributed by atoms with Gasteiger partial charge in [0.1, 0.15) is 12.1 Å². The van der Waals surface area contributed by atoms with E-state index in [1.54, 1.807) is 13.0 Å². The smallest absolute Gasteiger partial charge is 0.463 e. The van der Waals surface area contributed by atoms with Gasteiger partial charge in [-0.1, -0.05) is 31.2 Å². The normalized spacial score (nSPS) is 12.0. The molecule has 3 aromatic rings. The fourth-order valence-corrected chi connectivity index (χ4v) is 2.78. The maximum Gasteiger partial charge on any atom is 0.573 e. The van der Waals surface area contributed by atoms with Crippen LogP contribution in [0.25, 0.3) is 23.2 Å². The number of rotatable bonds is 7. The number of hydrogen-bond donors (Lipinski definition) is 0. The fourth-order valence-electron chi connectivity index (χ4n) is 2.78. The van der Waals surface area contributed by atoms with Gasteiger partial charge in [0.25, 0.3) is 0 Å². The molecule has 0 aliphatic heterocycles. The lowest BCUT2D eigenvalue weighted by molar-refractivity contribution is -0.274. The summed E-state index contributed by atoms with van der Waals surface area (Å²) in [4.78, 5) is 16.2. The van der Waals surface area contributed by atoms with Gasteiger partial charge in [0.2, 0.25) is 0 Å². The van der Waals surface area contributed by atoms with Crippen LogP contribution in [0.15, 0.2) is 60.4 Å². The second kappa shape index (κ2) is 9.46. The number of esters is 1. The Labute approximate surface area is 176 Å². The molecule has 0 atom stereocenters. The lowest BCUT2D eigenvalue weighted by Gasteiger charge is -2.09. The summed E-state index contributed by atoms with van der Waals surface area (Å²) in [6.45, 7) is 3.97. The third-order valence-corrected chi connectivity index (χ3v) is 4.25. The highest BCUT2D eigenvalue weighted by molar-refractivity contribution is 5.93. The van der Waals surface area contributed by atoms with Crippen molar-refractivity contribution in [1.82, 2.24) is 14.8 Å². The molecule has 0 radical (unpaired) electrons. The van der Waals surface area contributed by atoms with E-state index in [1.807, 2.05) is 31.2 Å². The molecular weight excluding hydrogens is 411 g/mol. The van der Waals surface area contributed by atoms with Gasteiger partial charge in [-0.15, -0.1) is 18.3 Å². The summed E-state index contributed by atoms with van der Waals surface area (Å²) in [6, 6.07) is 12.7. The molecule has 2 aromatic carbocycles. The highest BCUT2D eigenvalue weighted by atomic mass is 19.4. The molecule has 0 bridgehead atoms. The molecule has 0 aliphatic rings. The molecule has 0 amide bonds. The number of hydrogen-bond acceptors (Lipinski definition) is 5. The van der Waals surface area contributed by atoms with Crippen molar-refractivity contribution in [3.05, 3.63) is 66.0 Å². The van der Waals surface area contributed by atoms with E-state index in [0.29, 0.717) is 30.1 Å². The zero-order valence-electron chi connectivity index (χ0n) is 16.9. The minimum Gasteiger partial charge on any atom is -0.463 e. The Bertz CT molecular complexity index is 1060. The second-order valence-corrected chi connectivity index (χ2v) is 6.42. The van der Waals surface area contributed by atoms with E-state index in [1.165, 1.54) is 35.3 Å². The predicted molar refractivity (Wildman–Crippen MR) is 108 cm³/mol. The Hall–Kier alpha value is -3.62. The summed E-state index contributed by atoms with van der Waals surface area (Å²) in [5.41, 5.74) is 2.71. The van der Waals surface area contributed by atoms with Crippen molar-refractivity contribution in [2.75, 3.05) is 6.61 Å². The molecule has 0 saturated carbocycles. The second-order valence-electron chi connectivity index (χ2n) is 6.42. The number of benzene rings is 2. The van der Waals surface area contributed by atoms with E-state index < -0.39 is 6.36 Å². The van der Waals surface area contributed by atoms with Crippen LogP contribution in [0, 0.1) is 0 Å². The van der Waals surface area contributed by atoms with Crippen molar-refractivity contribution >= 4 is 12.0 Å². The predicted octanol–water partition coefficient (Wildman–Crippen LogP) is 5.19. The van der Waals surface area contributed by atoms with Crippen molar-refractivity contribution in [3.8, 4) is 22.8 Å². The van der Waals surface area contributed by atoms with Gasteiger partial charge in [-0.05, 0) is 49.2 Å². The highest BCUT2D eigenvalue weighted by Crippen LogP contribution is 2.24. The Morgan fingerprint density at radius 1 is 1.06 bits per heavy atom. The van der Waals surface area contributed by atoms with Crippen LogP contribution in [0.4, 0.5) is 13.2 Å². The third-order valence-electron chi connectivity index (χ3n) is 4.25. The van der Waals surface area contributed by atoms with Gasteiger partial charge in [-0.2, -0.15) is 0 Å². The number of halogens is 3. The third kappa shape index (κ3) is 5.94. The first kappa shape index (κ1) is 22.1. The Morgan fingerprint density at radius 2 is 1.74 bits per heavy atom. The van der Waals surface area contributed by atoms with Crippen LogP contribution in [0.3, 0.4) is 0 Å². The molecule has 0 spiro atoms. The van der Waals surface area contributed by atoms with Crippen LogP contribution < -0.4 is 4.74 Å². The van der Waals surface area contributed by atoms with Crippen molar-refractivity contribution in [3.63, 3.8) is 0 Å². The molecule has 162 valence electrons. The van der Waals surface area contributed by atoms with Gasteiger partial charge in [-0.25, -0.2) is 14.5 Å². The largest absolute Gasteiger partial charge is 0.573 e. The van der Waals surface area contributed by atoms with Gasteiger partial charge in [-0.3, -0.25) is 0 Å². The van der Waals surface area contributed by atoms with E-state index in [-0.39, 0.29) is 11.7 Å². The van der Waals surface area contributed by atoms with Gasteiger partial charge >= 0.3 is 12.3 Å². The van der Waals surface area contributed by atoms with E-state index in [9.17, 15) is 18.0 Å². The van der Waals surface area contributed by atoms with E-state index in [0.717, 1.165) is 11.1 Å². The number of alkyl halides is 3. The van der Waals surface area contributed by atoms with Crippen LogP contribution in [0.1, 0.15) is 25.8 Å². The molecule has 31 heavy (non-hydrogen) atoms. The van der Waals surface area contributed by atoms with Crippen LogP contribution in [0.2, 0.25) is 0 Å². The number of carbonyl (C=O) groups is 1.